The van der Waals surface area contributed by atoms with E-state index in [-0.39, 0.29) is 11.2 Å². The summed E-state index contributed by atoms with van der Waals surface area (Å²) in [5, 5.41) is 3.27. The molecule has 2 nitrogen and oxygen atoms in total. The van der Waals surface area contributed by atoms with E-state index in [0.29, 0.717) is 10.7 Å². The molecule has 0 bridgehead atoms. The minimum Gasteiger partial charge on any atom is -0.325 e. The maximum atomic E-state index is 12.2. The number of rotatable bonds is 4. The van der Waals surface area contributed by atoms with Gasteiger partial charge < -0.3 is 5.32 Å². The van der Waals surface area contributed by atoms with E-state index in [1.807, 2.05) is 50.2 Å². The van der Waals surface area contributed by atoms with Gasteiger partial charge in [0.1, 0.15) is 0 Å². The molecule has 2 aromatic rings. The SMILES string of the molecule is Cc1ccc(S[C@@H](C)C(=O)Nc2ccc(Br)c(Cl)c2)cc1. The summed E-state index contributed by atoms with van der Waals surface area (Å²) in [5.41, 5.74) is 1.91. The highest BCUT2D eigenvalue weighted by atomic mass is 79.9. The van der Waals surface area contributed by atoms with Gasteiger partial charge in [0.05, 0.1) is 10.3 Å². The van der Waals surface area contributed by atoms with Crippen LogP contribution in [0.1, 0.15) is 12.5 Å². The molecule has 1 atom stereocenters. The van der Waals surface area contributed by atoms with Gasteiger partial charge in [-0.1, -0.05) is 29.3 Å². The number of carbonyl (C=O) groups is 1. The summed E-state index contributed by atoms with van der Waals surface area (Å²) in [6.45, 7) is 3.93. The van der Waals surface area contributed by atoms with Crippen molar-refractivity contribution in [2.75, 3.05) is 5.32 Å². The van der Waals surface area contributed by atoms with Crippen LogP contribution in [0.3, 0.4) is 0 Å². The minimum absolute atomic E-state index is 0.0426. The molecule has 2 aromatic carbocycles. The van der Waals surface area contributed by atoms with Crippen LogP contribution in [0.5, 0.6) is 0 Å². The summed E-state index contributed by atoms with van der Waals surface area (Å²) in [6.07, 6.45) is 0. The van der Waals surface area contributed by atoms with Crippen LogP contribution < -0.4 is 5.32 Å². The summed E-state index contributed by atoms with van der Waals surface area (Å²) in [7, 11) is 0. The maximum Gasteiger partial charge on any atom is 0.237 e. The Morgan fingerprint density at radius 1 is 1.24 bits per heavy atom. The normalized spacial score (nSPS) is 12.0. The molecule has 0 unspecified atom stereocenters. The second kappa shape index (κ2) is 7.34. The van der Waals surface area contributed by atoms with Crippen LogP contribution in [0.25, 0.3) is 0 Å². The molecule has 0 saturated carbocycles. The van der Waals surface area contributed by atoms with E-state index in [9.17, 15) is 4.79 Å². The van der Waals surface area contributed by atoms with Crippen LogP contribution in [0.4, 0.5) is 5.69 Å². The first-order valence-electron chi connectivity index (χ1n) is 6.45. The molecule has 1 N–H and O–H groups in total. The van der Waals surface area contributed by atoms with Crippen molar-refractivity contribution in [3.05, 3.63) is 57.5 Å². The Labute approximate surface area is 142 Å². The van der Waals surface area contributed by atoms with Gasteiger partial charge in [0.15, 0.2) is 0 Å². The largest absolute Gasteiger partial charge is 0.325 e. The van der Waals surface area contributed by atoms with E-state index >= 15 is 0 Å². The number of anilines is 1. The molecule has 0 aliphatic carbocycles. The van der Waals surface area contributed by atoms with E-state index in [4.69, 9.17) is 11.6 Å². The average molecular weight is 385 g/mol. The third-order valence-corrected chi connectivity index (χ3v) is 5.23. The van der Waals surface area contributed by atoms with Gasteiger partial charge in [-0.25, -0.2) is 0 Å². The standard InChI is InChI=1S/C16H15BrClNOS/c1-10-3-6-13(7-4-10)21-11(2)16(20)19-12-5-8-14(17)15(18)9-12/h3-9,11H,1-2H3,(H,19,20)/t11-/m0/s1. The fraction of sp³-hybridized carbons (Fsp3) is 0.188. The predicted octanol–water partition coefficient (Wildman–Crippen LogP) is 5.53. The molecule has 0 aliphatic heterocycles. The number of amides is 1. The molecule has 0 fully saturated rings. The zero-order valence-electron chi connectivity index (χ0n) is 11.7. The molecule has 0 spiro atoms. The van der Waals surface area contributed by atoms with Gasteiger partial charge in [-0.3, -0.25) is 4.79 Å². The van der Waals surface area contributed by atoms with Gasteiger partial charge in [0, 0.05) is 15.1 Å². The topological polar surface area (TPSA) is 29.1 Å². The summed E-state index contributed by atoms with van der Waals surface area (Å²) >= 11 is 10.9. The van der Waals surface area contributed by atoms with Gasteiger partial charge >= 0.3 is 0 Å². The Kier molecular flexibility index (Phi) is 5.73. The van der Waals surface area contributed by atoms with Crippen LogP contribution in [-0.4, -0.2) is 11.2 Å². The molecule has 21 heavy (non-hydrogen) atoms. The number of hydrogen-bond acceptors (Lipinski definition) is 2. The highest BCUT2D eigenvalue weighted by Crippen LogP contribution is 2.27. The van der Waals surface area contributed by atoms with E-state index in [2.05, 4.69) is 21.2 Å². The van der Waals surface area contributed by atoms with E-state index < -0.39 is 0 Å². The first kappa shape index (κ1) is 16.4. The predicted molar refractivity (Wildman–Crippen MR) is 94.3 cm³/mol. The molecule has 110 valence electrons. The highest BCUT2D eigenvalue weighted by Gasteiger charge is 2.14. The van der Waals surface area contributed by atoms with Crippen molar-refractivity contribution in [2.24, 2.45) is 0 Å². The lowest BCUT2D eigenvalue weighted by molar-refractivity contribution is -0.115. The molecule has 0 aromatic heterocycles. The third-order valence-electron chi connectivity index (χ3n) is 2.89. The molecule has 0 heterocycles. The minimum atomic E-state index is -0.185. The zero-order valence-corrected chi connectivity index (χ0v) is 14.8. The summed E-state index contributed by atoms with van der Waals surface area (Å²) in [4.78, 5) is 13.3. The Hall–Kier alpha value is -0.970. The second-order valence-corrected chi connectivity index (χ2v) is 7.37. The molecule has 2 rings (SSSR count). The second-order valence-electron chi connectivity index (χ2n) is 4.69. The lowest BCUT2D eigenvalue weighted by Crippen LogP contribution is -2.22. The van der Waals surface area contributed by atoms with E-state index in [1.54, 1.807) is 6.07 Å². The Bertz CT molecular complexity index is 645. The molecule has 5 heteroatoms. The Morgan fingerprint density at radius 2 is 1.90 bits per heavy atom. The number of aryl methyl sites for hydroxylation is 1. The van der Waals surface area contributed by atoms with Crippen LogP contribution in [0.2, 0.25) is 5.02 Å². The molecule has 1 amide bonds. The molecular weight excluding hydrogens is 370 g/mol. The van der Waals surface area contributed by atoms with Crippen LogP contribution >= 0.6 is 39.3 Å². The average Bonchev–Trinajstić information content (AvgIpc) is 2.45. The summed E-state index contributed by atoms with van der Waals surface area (Å²) in [6, 6.07) is 13.5. The van der Waals surface area contributed by atoms with Gasteiger partial charge in [-0.2, -0.15) is 0 Å². The fourth-order valence-electron chi connectivity index (χ4n) is 1.69. The highest BCUT2D eigenvalue weighted by molar-refractivity contribution is 9.10. The zero-order chi connectivity index (χ0) is 15.4. The van der Waals surface area contributed by atoms with Gasteiger partial charge in [-0.15, -0.1) is 11.8 Å². The number of halogens is 2. The maximum absolute atomic E-state index is 12.2. The first-order chi connectivity index (χ1) is 9.95. The number of hydrogen-bond donors (Lipinski definition) is 1. The van der Waals surface area contributed by atoms with Crippen molar-refractivity contribution >= 4 is 50.9 Å². The molecule has 0 radical (unpaired) electrons. The van der Waals surface area contributed by atoms with Crippen molar-refractivity contribution < 1.29 is 4.79 Å². The monoisotopic (exact) mass is 383 g/mol. The van der Waals surface area contributed by atoms with E-state index in [0.717, 1.165) is 9.37 Å². The van der Waals surface area contributed by atoms with Gasteiger partial charge in [0.2, 0.25) is 5.91 Å². The number of thioether (sulfide) groups is 1. The fourth-order valence-corrected chi connectivity index (χ4v) is 2.99. The van der Waals surface area contributed by atoms with Crippen molar-refractivity contribution in [3.63, 3.8) is 0 Å². The Balaban J connectivity index is 1.98. The van der Waals surface area contributed by atoms with Gasteiger partial charge in [-0.05, 0) is 60.1 Å². The summed E-state index contributed by atoms with van der Waals surface area (Å²) in [5.74, 6) is -0.0426. The lowest BCUT2D eigenvalue weighted by atomic mass is 10.2. The summed E-state index contributed by atoms with van der Waals surface area (Å²) < 4.78 is 0.809. The first-order valence-corrected chi connectivity index (χ1v) is 8.50. The van der Waals surface area contributed by atoms with Crippen LogP contribution in [-0.2, 0) is 4.79 Å². The molecule has 0 saturated heterocycles. The smallest absolute Gasteiger partial charge is 0.237 e. The number of benzene rings is 2. The quantitative estimate of drug-likeness (QED) is 0.702. The number of nitrogens with one attached hydrogen (secondary N) is 1. The van der Waals surface area contributed by atoms with Crippen molar-refractivity contribution in [1.82, 2.24) is 0 Å². The lowest BCUT2D eigenvalue weighted by Gasteiger charge is -2.12. The molecule has 0 aliphatic rings. The van der Waals surface area contributed by atoms with Crippen molar-refractivity contribution in [1.29, 1.82) is 0 Å². The number of carbonyl (C=O) groups excluding carboxylic acids is 1. The Morgan fingerprint density at radius 3 is 2.52 bits per heavy atom. The van der Waals surface area contributed by atoms with Crippen LogP contribution in [0.15, 0.2) is 51.8 Å². The van der Waals surface area contributed by atoms with Crippen molar-refractivity contribution in [3.8, 4) is 0 Å². The third kappa shape index (κ3) is 4.77. The van der Waals surface area contributed by atoms with E-state index in [1.165, 1.54) is 17.3 Å². The van der Waals surface area contributed by atoms with Crippen LogP contribution in [0, 0.1) is 6.92 Å². The molecular formula is C16H15BrClNOS. The van der Waals surface area contributed by atoms with Gasteiger partial charge in [0.25, 0.3) is 0 Å². The van der Waals surface area contributed by atoms with Crippen molar-refractivity contribution in [2.45, 2.75) is 24.0 Å².